The molecule has 0 aliphatic heterocycles. The lowest BCUT2D eigenvalue weighted by Crippen LogP contribution is -2.39. The fourth-order valence-corrected chi connectivity index (χ4v) is 3.23. The largest absolute Gasteiger partial charge is 0.356 e. The van der Waals surface area contributed by atoms with Gasteiger partial charge in [-0.3, -0.25) is 9.79 Å². The molecule has 8 heteroatoms. The van der Waals surface area contributed by atoms with Gasteiger partial charge in [0.05, 0.1) is 5.69 Å². The van der Waals surface area contributed by atoms with Gasteiger partial charge in [0.2, 0.25) is 0 Å². The third-order valence-electron chi connectivity index (χ3n) is 4.92. The highest BCUT2D eigenvalue weighted by atomic mass is 127. The molecular formula is C24H31IN6O. The molecule has 3 rings (SSSR count). The molecule has 0 bridgehead atoms. The van der Waals surface area contributed by atoms with E-state index in [1.54, 1.807) is 32.2 Å². The smallest absolute Gasteiger partial charge is 0.253 e. The lowest BCUT2D eigenvalue weighted by atomic mass is 10.1. The molecule has 0 aliphatic carbocycles. The average Bonchev–Trinajstić information content (AvgIpc) is 3.33. The molecule has 0 aliphatic rings. The first-order chi connectivity index (χ1) is 15.1. The summed E-state index contributed by atoms with van der Waals surface area (Å²) in [7, 11) is 5.30. The molecule has 170 valence electrons. The third-order valence-corrected chi connectivity index (χ3v) is 4.92. The summed E-state index contributed by atoms with van der Waals surface area (Å²) in [6.07, 6.45) is 5.41. The van der Waals surface area contributed by atoms with Gasteiger partial charge in [0.15, 0.2) is 5.96 Å². The van der Waals surface area contributed by atoms with Gasteiger partial charge in [-0.15, -0.1) is 24.0 Å². The number of hydrogen-bond acceptors (Lipinski definition) is 3. The Morgan fingerprint density at radius 1 is 1.00 bits per heavy atom. The summed E-state index contributed by atoms with van der Waals surface area (Å²) in [5, 5.41) is 10.9. The predicted molar refractivity (Wildman–Crippen MR) is 140 cm³/mol. The van der Waals surface area contributed by atoms with Gasteiger partial charge in [0.1, 0.15) is 0 Å². The number of carbonyl (C=O) groups excluding carboxylic acids is 1. The van der Waals surface area contributed by atoms with E-state index in [0.29, 0.717) is 5.56 Å². The Balaban J connectivity index is 0.00000363. The van der Waals surface area contributed by atoms with Crippen LogP contribution in [0.4, 0.5) is 0 Å². The van der Waals surface area contributed by atoms with Gasteiger partial charge in [0.25, 0.3) is 5.91 Å². The fourth-order valence-electron chi connectivity index (χ4n) is 3.23. The predicted octanol–water partition coefficient (Wildman–Crippen LogP) is 3.14. The van der Waals surface area contributed by atoms with Gasteiger partial charge in [-0.25, -0.2) is 4.68 Å². The Hall–Kier alpha value is -2.88. The van der Waals surface area contributed by atoms with Crippen LogP contribution in [-0.4, -0.2) is 60.8 Å². The molecule has 0 saturated carbocycles. The molecule has 1 aromatic heterocycles. The van der Waals surface area contributed by atoms with Crippen LogP contribution in [0.3, 0.4) is 0 Å². The molecule has 0 unspecified atom stereocenters. The van der Waals surface area contributed by atoms with Crippen LogP contribution in [0.1, 0.15) is 21.5 Å². The van der Waals surface area contributed by atoms with Crippen molar-refractivity contribution in [2.75, 3.05) is 34.2 Å². The molecule has 2 aromatic carbocycles. The van der Waals surface area contributed by atoms with Crippen molar-refractivity contribution in [3.63, 3.8) is 0 Å². The zero-order valence-corrected chi connectivity index (χ0v) is 21.1. The van der Waals surface area contributed by atoms with Gasteiger partial charge in [-0.1, -0.05) is 24.3 Å². The molecule has 1 heterocycles. The number of nitrogens with zero attached hydrogens (tertiary/aromatic N) is 4. The maximum atomic E-state index is 12.1. The monoisotopic (exact) mass is 546 g/mol. The quantitative estimate of drug-likeness (QED) is 0.259. The number of nitrogens with one attached hydrogen (secondary N) is 2. The van der Waals surface area contributed by atoms with Gasteiger partial charge in [0, 0.05) is 52.2 Å². The Labute approximate surface area is 206 Å². The number of guanidine groups is 1. The molecule has 1 amide bonds. The number of rotatable bonds is 8. The van der Waals surface area contributed by atoms with Crippen LogP contribution in [-0.2, 0) is 12.8 Å². The molecule has 0 atom stereocenters. The molecule has 0 fully saturated rings. The first kappa shape index (κ1) is 25.4. The fraction of sp³-hybridized carbons (Fsp3) is 0.292. The number of aliphatic imine (C=N–C) groups is 1. The summed E-state index contributed by atoms with van der Waals surface area (Å²) in [6.45, 7) is 1.52. The standard InChI is InChI=1S/C24H30N6O.HI/c1-25-24(27-16-13-20-6-4-7-21(18-20)23(31)29(2)3)26-15-12-19-8-10-22(11-9-19)30-17-5-14-28-30;/h4-11,14,17-18H,12-13,15-16H2,1-3H3,(H2,25,26,27);1H. The van der Waals surface area contributed by atoms with E-state index in [1.807, 2.05) is 41.2 Å². The summed E-state index contributed by atoms with van der Waals surface area (Å²) in [5.74, 6) is 0.790. The minimum atomic E-state index is 0. The highest BCUT2D eigenvalue weighted by Gasteiger charge is 2.08. The number of aromatic nitrogens is 2. The van der Waals surface area contributed by atoms with E-state index in [2.05, 4.69) is 45.0 Å². The van der Waals surface area contributed by atoms with E-state index in [-0.39, 0.29) is 29.9 Å². The second-order valence-corrected chi connectivity index (χ2v) is 7.44. The normalized spacial score (nSPS) is 10.9. The molecule has 2 N–H and O–H groups in total. The second kappa shape index (κ2) is 12.8. The van der Waals surface area contributed by atoms with Crippen molar-refractivity contribution in [1.29, 1.82) is 0 Å². The Kier molecular flexibility index (Phi) is 10.2. The molecule has 3 aromatic rings. The lowest BCUT2D eigenvalue weighted by Gasteiger charge is -2.13. The molecule has 32 heavy (non-hydrogen) atoms. The molecule has 0 saturated heterocycles. The summed E-state index contributed by atoms with van der Waals surface area (Å²) >= 11 is 0. The van der Waals surface area contributed by atoms with Crippen LogP contribution < -0.4 is 10.6 Å². The van der Waals surface area contributed by atoms with Crippen molar-refractivity contribution >= 4 is 35.8 Å². The first-order valence-corrected chi connectivity index (χ1v) is 10.4. The maximum absolute atomic E-state index is 12.1. The van der Waals surface area contributed by atoms with Crippen molar-refractivity contribution in [1.82, 2.24) is 25.3 Å². The Morgan fingerprint density at radius 3 is 2.28 bits per heavy atom. The number of halogens is 1. The summed E-state index contributed by atoms with van der Waals surface area (Å²) in [5.41, 5.74) is 4.13. The van der Waals surface area contributed by atoms with Crippen molar-refractivity contribution in [3.05, 3.63) is 83.7 Å². The number of amides is 1. The molecule has 0 spiro atoms. The highest BCUT2D eigenvalue weighted by molar-refractivity contribution is 14.0. The lowest BCUT2D eigenvalue weighted by molar-refractivity contribution is 0.0827. The number of benzene rings is 2. The van der Waals surface area contributed by atoms with Gasteiger partial charge < -0.3 is 15.5 Å². The van der Waals surface area contributed by atoms with Crippen LogP contribution >= 0.6 is 24.0 Å². The van der Waals surface area contributed by atoms with Crippen molar-refractivity contribution in [2.24, 2.45) is 4.99 Å². The van der Waals surface area contributed by atoms with E-state index in [0.717, 1.165) is 43.1 Å². The summed E-state index contributed by atoms with van der Waals surface area (Å²) in [6, 6.07) is 18.1. The second-order valence-electron chi connectivity index (χ2n) is 7.44. The molecule has 7 nitrogen and oxygen atoms in total. The topological polar surface area (TPSA) is 74.5 Å². The zero-order chi connectivity index (χ0) is 22.1. The summed E-state index contributed by atoms with van der Waals surface area (Å²) in [4.78, 5) is 18.0. The zero-order valence-electron chi connectivity index (χ0n) is 18.8. The van der Waals surface area contributed by atoms with Crippen LogP contribution in [0.2, 0.25) is 0 Å². The number of carbonyl (C=O) groups is 1. The van der Waals surface area contributed by atoms with Gasteiger partial charge >= 0.3 is 0 Å². The minimum Gasteiger partial charge on any atom is -0.356 e. The third kappa shape index (κ3) is 7.37. The first-order valence-electron chi connectivity index (χ1n) is 10.4. The summed E-state index contributed by atoms with van der Waals surface area (Å²) < 4.78 is 1.85. The van der Waals surface area contributed by atoms with E-state index in [4.69, 9.17) is 0 Å². The van der Waals surface area contributed by atoms with Crippen molar-refractivity contribution in [2.45, 2.75) is 12.8 Å². The highest BCUT2D eigenvalue weighted by Crippen LogP contribution is 2.09. The van der Waals surface area contributed by atoms with Gasteiger partial charge in [-0.2, -0.15) is 5.10 Å². The average molecular weight is 546 g/mol. The van der Waals surface area contributed by atoms with Crippen LogP contribution in [0.25, 0.3) is 5.69 Å². The van der Waals surface area contributed by atoms with E-state index >= 15 is 0 Å². The SMILES string of the molecule is CN=C(NCCc1ccc(-n2cccn2)cc1)NCCc1cccc(C(=O)N(C)C)c1.I. The van der Waals surface area contributed by atoms with Gasteiger partial charge in [-0.05, 0) is 54.3 Å². The van der Waals surface area contributed by atoms with E-state index < -0.39 is 0 Å². The van der Waals surface area contributed by atoms with Crippen molar-refractivity contribution in [3.8, 4) is 5.69 Å². The van der Waals surface area contributed by atoms with E-state index in [9.17, 15) is 4.79 Å². The molecule has 0 radical (unpaired) electrons. The van der Waals surface area contributed by atoms with E-state index in [1.165, 1.54) is 5.56 Å². The maximum Gasteiger partial charge on any atom is 0.253 e. The van der Waals surface area contributed by atoms with Crippen LogP contribution in [0.15, 0.2) is 72.0 Å². The Morgan fingerprint density at radius 2 is 1.69 bits per heavy atom. The Bertz CT molecular complexity index is 1000. The minimum absolute atomic E-state index is 0. The number of hydrogen-bond donors (Lipinski definition) is 2. The van der Waals surface area contributed by atoms with Crippen molar-refractivity contribution < 1.29 is 4.79 Å². The van der Waals surface area contributed by atoms with Crippen LogP contribution in [0.5, 0.6) is 0 Å². The van der Waals surface area contributed by atoms with Crippen LogP contribution in [0, 0.1) is 0 Å². The molecular weight excluding hydrogens is 515 g/mol.